The molecule has 3 nitrogen and oxygen atoms in total. The van der Waals surface area contributed by atoms with Gasteiger partial charge >= 0.3 is 6.18 Å². The minimum absolute atomic E-state index is 0.376. The summed E-state index contributed by atoms with van der Waals surface area (Å²) >= 11 is 0. The number of rotatable bonds is 4. The fraction of sp³-hybridized carbons (Fsp3) is 0.308. The van der Waals surface area contributed by atoms with Crippen LogP contribution in [0.25, 0.3) is 0 Å². The van der Waals surface area contributed by atoms with E-state index in [4.69, 9.17) is 0 Å². The van der Waals surface area contributed by atoms with Crippen molar-refractivity contribution in [3.63, 3.8) is 0 Å². The first-order valence-electron chi connectivity index (χ1n) is 5.80. The molecular weight excluding hydrogens is 255 g/mol. The molecular formula is C13H14F3N3. The summed E-state index contributed by atoms with van der Waals surface area (Å²) in [5.74, 6) is 0. The van der Waals surface area contributed by atoms with E-state index in [-0.39, 0.29) is 0 Å². The molecule has 0 spiro atoms. The van der Waals surface area contributed by atoms with Crippen molar-refractivity contribution in [3.8, 4) is 0 Å². The minimum atomic E-state index is -4.30. The summed E-state index contributed by atoms with van der Waals surface area (Å²) in [7, 11) is 1.81. The highest BCUT2D eigenvalue weighted by Crippen LogP contribution is 2.29. The molecule has 0 aliphatic carbocycles. The predicted octanol–water partition coefficient (Wildman–Crippen LogP) is 2.67. The second-order valence-corrected chi connectivity index (χ2v) is 4.27. The third kappa shape index (κ3) is 3.57. The highest BCUT2D eigenvalue weighted by molar-refractivity contribution is 5.26. The number of nitrogens with one attached hydrogen (secondary N) is 1. The predicted molar refractivity (Wildman–Crippen MR) is 65.5 cm³/mol. The van der Waals surface area contributed by atoms with Gasteiger partial charge in [-0.3, -0.25) is 0 Å². The molecule has 0 saturated heterocycles. The zero-order chi connectivity index (χ0) is 13.9. The van der Waals surface area contributed by atoms with Gasteiger partial charge in [0.2, 0.25) is 0 Å². The number of hydrogen-bond donors (Lipinski definition) is 1. The van der Waals surface area contributed by atoms with Crippen LogP contribution in [-0.2, 0) is 19.3 Å². The van der Waals surface area contributed by atoms with Crippen LogP contribution >= 0.6 is 0 Å². The Balaban J connectivity index is 2.14. The van der Waals surface area contributed by atoms with E-state index < -0.39 is 11.7 Å². The second-order valence-electron chi connectivity index (χ2n) is 4.27. The van der Waals surface area contributed by atoms with Crippen molar-refractivity contribution in [3.05, 3.63) is 53.6 Å². The molecule has 0 aliphatic rings. The summed E-state index contributed by atoms with van der Waals surface area (Å²) in [4.78, 5) is 4.15. The Kier molecular flexibility index (Phi) is 3.90. The quantitative estimate of drug-likeness (QED) is 0.924. The molecule has 0 atom stereocenters. The van der Waals surface area contributed by atoms with Gasteiger partial charge in [-0.1, -0.05) is 12.1 Å². The lowest BCUT2D eigenvalue weighted by Gasteiger charge is -2.09. The van der Waals surface area contributed by atoms with E-state index in [1.165, 1.54) is 6.07 Å². The highest BCUT2D eigenvalue weighted by Gasteiger charge is 2.30. The summed E-state index contributed by atoms with van der Waals surface area (Å²) in [6.07, 6.45) is -0.869. The van der Waals surface area contributed by atoms with Gasteiger partial charge in [0.05, 0.1) is 17.6 Å². The monoisotopic (exact) mass is 269 g/mol. The SMILES string of the molecule is CNCc1cn(Cc2cccc(C(F)(F)F)c2)cn1. The first kappa shape index (κ1) is 13.6. The topological polar surface area (TPSA) is 29.9 Å². The summed E-state index contributed by atoms with van der Waals surface area (Å²) in [6.45, 7) is 1.01. The maximum atomic E-state index is 12.6. The first-order chi connectivity index (χ1) is 8.99. The van der Waals surface area contributed by atoms with E-state index in [2.05, 4.69) is 10.3 Å². The van der Waals surface area contributed by atoms with Gasteiger partial charge in [0, 0.05) is 19.3 Å². The van der Waals surface area contributed by atoms with Crippen molar-refractivity contribution in [1.82, 2.24) is 14.9 Å². The Morgan fingerprint density at radius 2 is 2.11 bits per heavy atom. The van der Waals surface area contributed by atoms with Crippen molar-refractivity contribution >= 4 is 0 Å². The Bertz CT molecular complexity index is 546. The van der Waals surface area contributed by atoms with Crippen LogP contribution in [0.1, 0.15) is 16.8 Å². The Morgan fingerprint density at radius 3 is 2.79 bits per heavy atom. The normalized spacial score (nSPS) is 11.8. The molecule has 102 valence electrons. The molecule has 0 radical (unpaired) electrons. The maximum absolute atomic E-state index is 12.6. The number of imidazole rings is 1. The van der Waals surface area contributed by atoms with Gasteiger partial charge in [-0.25, -0.2) is 4.98 Å². The van der Waals surface area contributed by atoms with Gasteiger partial charge in [0.15, 0.2) is 0 Å². The standard InChI is InChI=1S/C13H14F3N3/c1-17-6-12-8-19(9-18-12)7-10-3-2-4-11(5-10)13(14,15)16/h2-5,8-9,17H,6-7H2,1H3. The molecule has 2 aromatic rings. The van der Waals surface area contributed by atoms with E-state index >= 15 is 0 Å². The zero-order valence-corrected chi connectivity index (χ0v) is 10.4. The smallest absolute Gasteiger partial charge is 0.333 e. The third-order valence-corrected chi connectivity index (χ3v) is 2.66. The molecule has 1 N–H and O–H groups in total. The molecule has 0 fully saturated rings. The summed E-state index contributed by atoms with van der Waals surface area (Å²) < 4.78 is 39.5. The molecule has 6 heteroatoms. The number of halogens is 3. The second kappa shape index (κ2) is 5.44. The largest absolute Gasteiger partial charge is 0.416 e. The molecule has 1 aromatic carbocycles. The van der Waals surface area contributed by atoms with E-state index in [0.29, 0.717) is 18.7 Å². The number of hydrogen-bond acceptors (Lipinski definition) is 2. The fourth-order valence-corrected chi connectivity index (χ4v) is 1.82. The molecule has 1 aromatic heterocycles. The molecule has 0 saturated carbocycles. The first-order valence-corrected chi connectivity index (χ1v) is 5.80. The Labute approximate surface area is 109 Å². The van der Waals surface area contributed by atoms with Crippen molar-refractivity contribution < 1.29 is 13.2 Å². The van der Waals surface area contributed by atoms with Gasteiger partial charge < -0.3 is 9.88 Å². The number of aromatic nitrogens is 2. The molecule has 0 bridgehead atoms. The van der Waals surface area contributed by atoms with E-state index in [0.717, 1.165) is 17.8 Å². The highest BCUT2D eigenvalue weighted by atomic mass is 19.4. The van der Waals surface area contributed by atoms with Crippen LogP contribution in [0.15, 0.2) is 36.8 Å². The number of benzene rings is 1. The minimum Gasteiger partial charge on any atom is -0.333 e. The van der Waals surface area contributed by atoms with Crippen molar-refractivity contribution in [2.75, 3.05) is 7.05 Å². The van der Waals surface area contributed by atoms with E-state index in [1.807, 2.05) is 13.2 Å². The lowest BCUT2D eigenvalue weighted by molar-refractivity contribution is -0.137. The average Bonchev–Trinajstić information content (AvgIpc) is 2.76. The molecule has 1 heterocycles. The van der Waals surface area contributed by atoms with Crippen LogP contribution in [0.3, 0.4) is 0 Å². The third-order valence-electron chi connectivity index (χ3n) is 2.66. The summed E-state index contributed by atoms with van der Waals surface area (Å²) in [5.41, 5.74) is 0.832. The Morgan fingerprint density at radius 1 is 1.32 bits per heavy atom. The van der Waals surface area contributed by atoms with E-state index in [9.17, 15) is 13.2 Å². The van der Waals surface area contributed by atoms with Crippen LogP contribution in [0.2, 0.25) is 0 Å². The lowest BCUT2D eigenvalue weighted by atomic mass is 10.1. The average molecular weight is 269 g/mol. The summed E-state index contributed by atoms with van der Waals surface area (Å²) in [6, 6.07) is 5.33. The van der Waals surface area contributed by atoms with Gasteiger partial charge in [0.25, 0.3) is 0 Å². The number of nitrogens with zero attached hydrogens (tertiary/aromatic N) is 2. The molecule has 0 amide bonds. The van der Waals surface area contributed by atoms with Crippen LogP contribution in [-0.4, -0.2) is 16.6 Å². The van der Waals surface area contributed by atoms with Crippen LogP contribution < -0.4 is 5.32 Å². The summed E-state index contributed by atoms with van der Waals surface area (Å²) in [5, 5.41) is 2.97. The van der Waals surface area contributed by atoms with Crippen molar-refractivity contribution in [2.45, 2.75) is 19.3 Å². The Hall–Kier alpha value is -1.82. The molecule has 0 aliphatic heterocycles. The van der Waals surface area contributed by atoms with Crippen LogP contribution in [0, 0.1) is 0 Å². The molecule has 19 heavy (non-hydrogen) atoms. The van der Waals surface area contributed by atoms with E-state index in [1.54, 1.807) is 17.0 Å². The van der Waals surface area contributed by atoms with Gasteiger partial charge in [0.1, 0.15) is 0 Å². The van der Waals surface area contributed by atoms with Crippen LogP contribution in [0.5, 0.6) is 0 Å². The van der Waals surface area contributed by atoms with Gasteiger partial charge in [-0.2, -0.15) is 13.2 Å². The number of alkyl halides is 3. The fourth-order valence-electron chi connectivity index (χ4n) is 1.82. The van der Waals surface area contributed by atoms with Crippen LogP contribution in [0.4, 0.5) is 13.2 Å². The van der Waals surface area contributed by atoms with Crippen molar-refractivity contribution in [2.24, 2.45) is 0 Å². The maximum Gasteiger partial charge on any atom is 0.416 e. The molecule has 2 rings (SSSR count). The molecule has 0 unspecified atom stereocenters. The zero-order valence-electron chi connectivity index (χ0n) is 10.4. The van der Waals surface area contributed by atoms with Gasteiger partial charge in [-0.05, 0) is 24.7 Å². The lowest BCUT2D eigenvalue weighted by Crippen LogP contribution is -2.06. The van der Waals surface area contributed by atoms with Crippen molar-refractivity contribution in [1.29, 1.82) is 0 Å². The van der Waals surface area contributed by atoms with Gasteiger partial charge in [-0.15, -0.1) is 0 Å².